The molecule has 0 amide bonds. The molecule has 5 rings (SSSR count). The van der Waals surface area contributed by atoms with Crippen LogP contribution in [0.4, 0.5) is 0 Å². The summed E-state index contributed by atoms with van der Waals surface area (Å²) < 4.78 is 0. The van der Waals surface area contributed by atoms with Crippen molar-refractivity contribution < 1.29 is 0 Å². The third-order valence-electron chi connectivity index (χ3n) is 7.69. The smallest absolute Gasteiger partial charge is 0.0836 e. The lowest BCUT2D eigenvalue weighted by molar-refractivity contribution is 0.990. The monoisotopic (exact) mass is 454 g/mol. The molecular weight excluding hydrogens is 419 g/mol. The Labute approximate surface area is 211 Å². The number of rotatable bonds is 5. The fraction of sp³-hybridized carbons (Fsp3) is 0.235. The van der Waals surface area contributed by atoms with E-state index in [2.05, 4.69) is 119 Å². The molecule has 0 N–H and O–H groups in total. The highest BCUT2D eigenvalue weighted by atomic mass is 14.2. The van der Waals surface area contributed by atoms with Gasteiger partial charge in [0.05, 0.1) is 0 Å². The summed E-state index contributed by atoms with van der Waals surface area (Å²) in [7, 11) is 0. The van der Waals surface area contributed by atoms with E-state index in [-0.39, 0.29) is 6.71 Å². The average Bonchev–Trinajstić information content (AvgIpc) is 2.88. The second-order valence-electron chi connectivity index (χ2n) is 9.98. The summed E-state index contributed by atoms with van der Waals surface area (Å²) in [6, 6.07) is 18.2. The molecule has 0 spiro atoms. The van der Waals surface area contributed by atoms with Gasteiger partial charge in [0.1, 0.15) is 0 Å². The topological polar surface area (TPSA) is 0 Å². The number of fused-ring (bicyclic) bond motifs is 2. The molecular formula is C34H35B. The zero-order valence-corrected chi connectivity index (χ0v) is 21.6. The van der Waals surface area contributed by atoms with Gasteiger partial charge < -0.3 is 0 Å². The van der Waals surface area contributed by atoms with Gasteiger partial charge in [-0.1, -0.05) is 131 Å². The number of allylic oxidation sites excluding steroid dienone is 9. The van der Waals surface area contributed by atoms with Gasteiger partial charge in [0.2, 0.25) is 6.71 Å². The zero-order chi connectivity index (χ0) is 24.4. The molecule has 0 bridgehead atoms. The first-order valence-corrected chi connectivity index (χ1v) is 13.1. The van der Waals surface area contributed by atoms with Gasteiger partial charge in [-0.15, -0.1) is 0 Å². The number of hydrogen-bond donors (Lipinski definition) is 0. The standard InChI is InChI=1S/C34H35B/c1-5-13-24(2)32(29-16-7-6-8-17-29)35(33-25(3)20-22-27-14-9-11-18-30(27)33)34-26(4)21-23-28-15-10-12-19-31(28)34/h6-11,13-16,18,20-23H,5,12,17,19H2,1-4H3/b24-13-,32-29+. The molecule has 0 aromatic heterocycles. The fourth-order valence-electron chi connectivity index (χ4n) is 6.09. The van der Waals surface area contributed by atoms with Crippen molar-refractivity contribution >= 4 is 34.5 Å². The Kier molecular flexibility index (Phi) is 6.78. The van der Waals surface area contributed by atoms with E-state index in [4.69, 9.17) is 0 Å². The van der Waals surface area contributed by atoms with Crippen molar-refractivity contribution in [3.63, 3.8) is 0 Å². The maximum atomic E-state index is 2.42. The Morgan fingerprint density at radius 1 is 0.886 bits per heavy atom. The van der Waals surface area contributed by atoms with Crippen molar-refractivity contribution in [3.05, 3.63) is 124 Å². The molecule has 3 aromatic rings. The van der Waals surface area contributed by atoms with Crippen LogP contribution in [0, 0.1) is 13.8 Å². The van der Waals surface area contributed by atoms with E-state index in [1.54, 1.807) is 0 Å². The Bertz CT molecular complexity index is 1420. The van der Waals surface area contributed by atoms with Gasteiger partial charge >= 0.3 is 0 Å². The lowest BCUT2D eigenvalue weighted by Crippen LogP contribution is -2.50. The molecule has 0 heterocycles. The molecule has 0 saturated carbocycles. The lowest BCUT2D eigenvalue weighted by Gasteiger charge is -2.30. The van der Waals surface area contributed by atoms with Crippen LogP contribution in [0.2, 0.25) is 0 Å². The molecule has 0 unspecified atom stereocenters. The van der Waals surface area contributed by atoms with Crippen molar-refractivity contribution in [2.45, 2.75) is 53.4 Å². The van der Waals surface area contributed by atoms with Gasteiger partial charge in [-0.05, 0) is 73.9 Å². The maximum Gasteiger partial charge on any atom is 0.243 e. The van der Waals surface area contributed by atoms with Gasteiger partial charge in [-0.25, -0.2) is 0 Å². The predicted octanol–water partition coefficient (Wildman–Crippen LogP) is 7.73. The Morgan fingerprint density at radius 3 is 2.49 bits per heavy atom. The summed E-state index contributed by atoms with van der Waals surface area (Å²) in [5.74, 6) is 0. The second-order valence-corrected chi connectivity index (χ2v) is 9.98. The molecule has 0 fully saturated rings. The number of hydrogen-bond acceptors (Lipinski definition) is 0. The number of benzene rings is 3. The summed E-state index contributed by atoms with van der Waals surface area (Å²) in [6.07, 6.45) is 20.4. The normalized spacial score (nSPS) is 16.5. The van der Waals surface area contributed by atoms with E-state index in [1.165, 1.54) is 60.6 Å². The van der Waals surface area contributed by atoms with E-state index in [0.717, 1.165) is 25.7 Å². The first-order valence-electron chi connectivity index (χ1n) is 13.1. The summed E-state index contributed by atoms with van der Waals surface area (Å²) >= 11 is 0. The fourth-order valence-corrected chi connectivity index (χ4v) is 6.09. The predicted molar refractivity (Wildman–Crippen MR) is 156 cm³/mol. The highest BCUT2D eigenvalue weighted by Gasteiger charge is 2.33. The van der Waals surface area contributed by atoms with Crippen molar-refractivity contribution in [1.29, 1.82) is 0 Å². The summed E-state index contributed by atoms with van der Waals surface area (Å²) in [5.41, 5.74) is 13.0. The minimum Gasteiger partial charge on any atom is -0.0836 e. The van der Waals surface area contributed by atoms with Gasteiger partial charge in [0.25, 0.3) is 0 Å². The summed E-state index contributed by atoms with van der Waals surface area (Å²) in [6.45, 7) is 9.39. The minimum atomic E-state index is 0.191. The van der Waals surface area contributed by atoms with Crippen LogP contribution in [0.15, 0.2) is 102 Å². The Balaban J connectivity index is 1.93. The Morgan fingerprint density at radius 2 is 1.69 bits per heavy atom. The van der Waals surface area contributed by atoms with Crippen molar-refractivity contribution in [1.82, 2.24) is 0 Å². The molecule has 35 heavy (non-hydrogen) atoms. The van der Waals surface area contributed by atoms with E-state index in [1.807, 2.05) is 0 Å². The average molecular weight is 454 g/mol. The van der Waals surface area contributed by atoms with E-state index < -0.39 is 0 Å². The minimum absolute atomic E-state index is 0.191. The first kappa shape index (κ1) is 23.4. The van der Waals surface area contributed by atoms with Crippen molar-refractivity contribution in [2.75, 3.05) is 0 Å². The second kappa shape index (κ2) is 10.1. The molecule has 1 heteroatoms. The Hall–Kier alpha value is -3.32. The van der Waals surface area contributed by atoms with Gasteiger partial charge in [0.15, 0.2) is 0 Å². The molecule has 0 radical (unpaired) electrons. The molecule has 174 valence electrons. The van der Waals surface area contributed by atoms with Crippen LogP contribution in [0.25, 0.3) is 16.8 Å². The highest BCUT2D eigenvalue weighted by molar-refractivity contribution is 6.94. The van der Waals surface area contributed by atoms with Crippen LogP contribution < -0.4 is 10.9 Å². The third-order valence-corrected chi connectivity index (χ3v) is 7.69. The van der Waals surface area contributed by atoms with Crippen LogP contribution in [-0.4, -0.2) is 6.71 Å². The van der Waals surface area contributed by atoms with Crippen LogP contribution >= 0.6 is 0 Å². The summed E-state index contributed by atoms with van der Waals surface area (Å²) in [4.78, 5) is 0. The molecule has 0 nitrogen and oxygen atoms in total. The van der Waals surface area contributed by atoms with Gasteiger partial charge in [-0.2, -0.15) is 0 Å². The molecule has 0 saturated heterocycles. The zero-order valence-electron chi connectivity index (χ0n) is 21.6. The molecule has 2 aliphatic carbocycles. The van der Waals surface area contributed by atoms with Gasteiger partial charge in [-0.3, -0.25) is 0 Å². The molecule has 2 aliphatic rings. The first-order chi connectivity index (χ1) is 17.1. The molecule has 0 atom stereocenters. The molecule has 0 aliphatic heterocycles. The third kappa shape index (κ3) is 4.41. The maximum absolute atomic E-state index is 2.42. The van der Waals surface area contributed by atoms with E-state index in [9.17, 15) is 0 Å². The quantitative estimate of drug-likeness (QED) is 0.346. The van der Waals surface area contributed by atoms with E-state index in [0.29, 0.717) is 0 Å². The lowest BCUT2D eigenvalue weighted by atomic mass is 9.31. The van der Waals surface area contributed by atoms with Gasteiger partial charge in [0, 0.05) is 0 Å². The van der Waals surface area contributed by atoms with Crippen LogP contribution in [-0.2, 0) is 6.42 Å². The SMILES string of the molecule is CC/C=C(C)\C(B(c1c(C)ccc2c1CCC=C2)c1c(C)ccc2ccccc12)=C1\C=CC=CC1. The summed E-state index contributed by atoms with van der Waals surface area (Å²) in [5, 5.41) is 2.69. The molecule has 3 aromatic carbocycles. The number of aryl methyl sites for hydroxylation is 2. The van der Waals surface area contributed by atoms with E-state index >= 15 is 0 Å². The van der Waals surface area contributed by atoms with Crippen LogP contribution in [0.5, 0.6) is 0 Å². The van der Waals surface area contributed by atoms with Crippen LogP contribution in [0.3, 0.4) is 0 Å². The van der Waals surface area contributed by atoms with Crippen molar-refractivity contribution in [3.8, 4) is 0 Å². The van der Waals surface area contributed by atoms with Crippen molar-refractivity contribution in [2.24, 2.45) is 0 Å². The van der Waals surface area contributed by atoms with Crippen LogP contribution in [0.1, 0.15) is 55.4 Å². The highest BCUT2D eigenvalue weighted by Crippen LogP contribution is 2.30. The largest absolute Gasteiger partial charge is 0.243 e.